The summed E-state index contributed by atoms with van der Waals surface area (Å²) in [5, 5.41) is 14.1. The second-order valence-electron chi connectivity index (χ2n) is 3.18. The number of carboxylic acid groups (broad SMARTS) is 1. The van der Waals surface area contributed by atoms with Crippen molar-refractivity contribution in [3.05, 3.63) is 0 Å². The van der Waals surface area contributed by atoms with E-state index in [4.69, 9.17) is 5.11 Å². The Labute approximate surface area is 95.0 Å². The molecular weight excluding hydrogens is 216 g/mol. The van der Waals surface area contributed by atoms with Gasteiger partial charge in [-0.2, -0.15) is 12.6 Å². The topological polar surface area (TPSA) is 78.4 Å². The minimum atomic E-state index is -0.836. The molecule has 0 aromatic heterocycles. The summed E-state index contributed by atoms with van der Waals surface area (Å²) in [5.41, 5.74) is 0. The van der Waals surface area contributed by atoms with E-state index in [1.807, 2.05) is 0 Å². The summed E-state index contributed by atoms with van der Waals surface area (Å²) in [6, 6.07) is -0.495. The average molecular weight is 234 g/mol. The van der Waals surface area contributed by atoms with Crippen molar-refractivity contribution in [1.82, 2.24) is 10.6 Å². The highest BCUT2D eigenvalue weighted by molar-refractivity contribution is 7.81. The molecule has 0 heterocycles. The van der Waals surface area contributed by atoms with E-state index in [1.165, 1.54) is 0 Å². The van der Waals surface area contributed by atoms with E-state index in [9.17, 15) is 9.59 Å². The van der Waals surface area contributed by atoms with Crippen LogP contribution >= 0.6 is 12.6 Å². The summed E-state index contributed by atoms with van der Waals surface area (Å²) >= 11 is 3.82. The number of carboxylic acids is 1. The molecule has 88 valence electrons. The predicted molar refractivity (Wildman–Crippen MR) is 61.2 cm³/mol. The van der Waals surface area contributed by atoms with Gasteiger partial charge in [-0.05, 0) is 26.3 Å². The number of hydrogen-bond acceptors (Lipinski definition) is 4. The van der Waals surface area contributed by atoms with Crippen molar-refractivity contribution in [2.75, 3.05) is 19.3 Å². The molecule has 0 bridgehead atoms. The number of hydrogen-bond donors (Lipinski definition) is 4. The van der Waals surface area contributed by atoms with Crippen LogP contribution in [0.1, 0.15) is 19.3 Å². The van der Waals surface area contributed by atoms with E-state index in [2.05, 4.69) is 23.3 Å². The maximum atomic E-state index is 10.8. The SMILES string of the molecule is CNC(CCCCNC(=O)CS)C(=O)O. The summed E-state index contributed by atoms with van der Waals surface area (Å²) in [6.07, 6.45) is 2.12. The molecule has 0 spiro atoms. The molecule has 0 aromatic carbocycles. The molecule has 0 aromatic rings. The van der Waals surface area contributed by atoms with Crippen LogP contribution in [-0.4, -0.2) is 42.4 Å². The summed E-state index contributed by atoms with van der Waals surface area (Å²) in [6.45, 7) is 0.579. The molecule has 0 aliphatic carbocycles. The van der Waals surface area contributed by atoms with Gasteiger partial charge in [0.05, 0.1) is 5.75 Å². The maximum absolute atomic E-state index is 10.8. The van der Waals surface area contributed by atoms with Gasteiger partial charge >= 0.3 is 5.97 Å². The highest BCUT2D eigenvalue weighted by Crippen LogP contribution is 2.00. The highest BCUT2D eigenvalue weighted by Gasteiger charge is 2.13. The van der Waals surface area contributed by atoms with Crippen LogP contribution in [0, 0.1) is 0 Å². The fourth-order valence-electron chi connectivity index (χ4n) is 1.15. The van der Waals surface area contributed by atoms with E-state index in [1.54, 1.807) is 7.05 Å². The Morgan fingerprint density at radius 2 is 2.07 bits per heavy atom. The van der Waals surface area contributed by atoms with Crippen molar-refractivity contribution in [3.63, 3.8) is 0 Å². The lowest BCUT2D eigenvalue weighted by atomic mass is 10.1. The first-order valence-electron chi connectivity index (χ1n) is 4.89. The van der Waals surface area contributed by atoms with Crippen molar-refractivity contribution < 1.29 is 14.7 Å². The van der Waals surface area contributed by atoms with E-state index < -0.39 is 12.0 Å². The predicted octanol–water partition coefficient (Wildman–Crippen LogP) is -0.125. The van der Waals surface area contributed by atoms with Crippen LogP contribution in [0.2, 0.25) is 0 Å². The van der Waals surface area contributed by atoms with Gasteiger partial charge in [0, 0.05) is 6.54 Å². The fraction of sp³-hybridized carbons (Fsp3) is 0.778. The quantitative estimate of drug-likeness (QED) is 0.349. The molecular formula is C9H18N2O3S. The number of amides is 1. The summed E-state index contributed by atoms with van der Waals surface area (Å²) in [4.78, 5) is 21.4. The standard InChI is InChI=1S/C9H18N2O3S/c1-10-7(9(13)14)4-2-3-5-11-8(12)6-15/h7,10,15H,2-6H2,1H3,(H,11,12)(H,13,14). The first-order valence-corrected chi connectivity index (χ1v) is 5.52. The van der Waals surface area contributed by atoms with Gasteiger partial charge in [0.2, 0.25) is 5.91 Å². The largest absolute Gasteiger partial charge is 0.480 e. The number of unbranched alkanes of at least 4 members (excludes halogenated alkanes) is 1. The number of aliphatic carboxylic acids is 1. The molecule has 0 saturated heterocycles. The number of nitrogens with one attached hydrogen (secondary N) is 2. The molecule has 1 amide bonds. The Bertz CT molecular complexity index is 212. The van der Waals surface area contributed by atoms with Gasteiger partial charge in [0.1, 0.15) is 6.04 Å². The first-order chi connectivity index (χ1) is 7.11. The third kappa shape index (κ3) is 7.21. The van der Waals surface area contributed by atoms with Gasteiger partial charge in [-0.3, -0.25) is 9.59 Å². The van der Waals surface area contributed by atoms with E-state index in [0.717, 1.165) is 12.8 Å². The molecule has 0 aliphatic heterocycles. The van der Waals surface area contributed by atoms with E-state index >= 15 is 0 Å². The molecule has 0 radical (unpaired) electrons. The fourth-order valence-corrected chi connectivity index (χ4v) is 1.26. The maximum Gasteiger partial charge on any atom is 0.320 e. The van der Waals surface area contributed by atoms with Crippen LogP contribution in [0.15, 0.2) is 0 Å². The molecule has 0 aliphatic rings. The van der Waals surface area contributed by atoms with Crippen LogP contribution in [0.3, 0.4) is 0 Å². The van der Waals surface area contributed by atoms with E-state index in [-0.39, 0.29) is 11.7 Å². The van der Waals surface area contributed by atoms with Crippen LogP contribution in [0.25, 0.3) is 0 Å². The molecule has 5 nitrogen and oxygen atoms in total. The Balaban J connectivity index is 3.45. The minimum absolute atomic E-state index is 0.0956. The van der Waals surface area contributed by atoms with Crippen molar-refractivity contribution in [2.45, 2.75) is 25.3 Å². The molecule has 3 N–H and O–H groups in total. The Hall–Kier alpha value is -0.750. The van der Waals surface area contributed by atoms with Crippen molar-refractivity contribution in [2.24, 2.45) is 0 Å². The second kappa shape index (κ2) is 8.55. The van der Waals surface area contributed by atoms with Crippen LogP contribution in [-0.2, 0) is 9.59 Å². The van der Waals surface area contributed by atoms with Crippen molar-refractivity contribution in [1.29, 1.82) is 0 Å². The minimum Gasteiger partial charge on any atom is -0.480 e. The smallest absolute Gasteiger partial charge is 0.320 e. The number of rotatable bonds is 8. The number of likely N-dealkylation sites (N-methyl/N-ethyl adjacent to an activating group) is 1. The molecule has 0 fully saturated rings. The third-order valence-electron chi connectivity index (χ3n) is 2.03. The number of carbonyl (C=O) groups excluding carboxylic acids is 1. The normalized spacial score (nSPS) is 12.1. The molecule has 0 rings (SSSR count). The molecule has 1 unspecified atom stereocenters. The van der Waals surface area contributed by atoms with Crippen molar-refractivity contribution in [3.8, 4) is 0 Å². The Morgan fingerprint density at radius 1 is 1.40 bits per heavy atom. The van der Waals surface area contributed by atoms with Crippen LogP contribution < -0.4 is 10.6 Å². The Kier molecular flexibility index (Phi) is 8.12. The van der Waals surface area contributed by atoms with Gasteiger partial charge in [-0.15, -0.1) is 0 Å². The lowest BCUT2D eigenvalue weighted by molar-refractivity contribution is -0.139. The number of thiol groups is 1. The zero-order valence-corrected chi connectivity index (χ0v) is 9.72. The van der Waals surface area contributed by atoms with Crippen LogP contribution in [0.4, 0.5) is 0 Å². The van der Waals surface area contributed by atoms with Gasteiger partial charge in [-0.25, -0.2) is 0 Å². The molecule has 1 atom stereocenters. The van der Waals surface area contributed by atoms with Gasteiger partial charge in [0.25, 0.3) is 0 Å². The van der Waals surface area contributed by atoms with Gasteiger partial charge < -0.3 is 15.7 Å². The number of carbonyl (C=O) groups is 2. The zero-order chi connectivity index (χ0) is 11.7. The first kappa shape index (κ1) is 14.2. The van der Waals surface area contributed by atoms with Crippen molar-refractivity contribution >= 4 is 24.5 Å². The van der Waals surface area contributed by atoms with E-state index in [0.29, 0.717) is 13.0 Å². The summed E-state index contributed by atoms with van der Waals surface area (Å²) < 4.78 is 0. The summed E-state index contributed by atoms with van der Waals surface area (Å²) in [5.74, 6) is -0.743. The van der Waals surface area contributed by atoms with Crippen LogP contribution in [0.5, 0.6) is 0 Å². The summed E-state index contributed by atoms with van der Waals surface area (Å²) in [7, 11) is 1.63. The lowest BCUT2D eigenvalue weighted by Gasteiger charge is -2.10. The lowest BCUT2D eigenvalue weighted by Crippen LogP contribution is -2.34. The second-order valence-corrected chi connectivity index (χ2v) is 3.50. The van der Waals surface area contributed by atoms with Gasteiger partial charge in [0.15, 0.2) is 0 Å². The Morgan fingerprint density at radius 3 is 2.53 bits per heavy atom. The molecule has 0 saturated carbocycles. The molecule has 6 heteroatoms. The zero-order valence-electron chi connectivity index (χ0n) is 8.82. The average Bonchev–Trinajstić information content (AvgIpc) is 2.22. The third-order valence-corrected chi connectivity index (χ3v) is 2.32. The van der Waals surface area contributed by atoms with Gasteiger partial charge in [-0.1, -0.05) is 0 Å². The molecule has 15 heavy (non-hydrogen) atoms. The highest BCUT2D eigenvalue weighted by atomic mass is 32.1. The monoisotopic (exact) mass is 234 g/mol.